The molecule has 1 heterocycles. The van der Waals surface area contributed by atoms with Crippen molar-refractivity contribution in [3.05, 3.63) is 83.7 Å². The number of aliphatic hydroxyl groups is 1. The van der Waals surface area contributed by atoms with Gasteiger partial charge in [0.15, 0.2) is 0 Å². The van der Waals surface area contributed by atoms with Crippen LogP contribution in [0.25, 0.3) is 0 Å². The molecule has 4 rings (SSSR count). The molecule has 3 N–H and O–H groups in total. The first-order valence-corrected chi connectivity index (χ1v) is 10.8. The van der Waals surface area contributed by atoms with Gasteiger partial charge in [0, 0.05) is 19.2 Å². The molecule has 1 amide bonds. The lowest BCUT2D eigenvalue weighted by Crippen LogP contribution is -2.51. The lowest BCUT2D eigenvalue weighted by Gasteiger charge is -2.32. The first-order chi connectivity index (χ1) is 16.2. The topological polar surface area (TPSA) is 90.5 Å². The molecule has 4 atom stereocenters. The van der Waals surface area contributed by atoms with Crippen LogP contribution in [0.4, 0.5) is 13.2 Å². The first kappa shape index (κ1) is 23.8. The molecule has 1 aliphatic carbocycles. The predicted octanol–water partition coefficient (Wildman–Crippen LogP) is 3.24. The van der Waals surface area contributed by atoms with E-state index < -0.39 is 36.0 Å². The zero-order chi connectivity index (χ0) is 24.3. The van der Waals surface area contributed by atoms with E-state index in [1.807, 2.05) is 42.3 Å². The molecule has 2 aromatic carbocycles. The summed E-state index contributed by atoms with van der Waals surface area (Å²) in [6, 6.07) is 13.1. The van der Waals surface area contributed by atoms with Gasteiger partial charge in [-0.15, -0.1) is 0 Å². The summed E-state index contributed by atoms with van der Waals surface area (Å²) in [5, 5.41) is 20.4. The molecule has 34 heavy (non-hydrogen) atoms. The van der Waals surface area contributed by atoms with Crippen molar-refractivity contribution in [2.45, 2.75) is 43.4 Å². The normalized spacial score (nSPS) is 22.6. The van der Waals surface area contributed by atoms with E-state index in [1.54, 1.807) is 0 Å². The summed E-state index contributed by atoms with van der Waals surface area (Å²) >= 11 is 0. The Kier molecular flexibility index (Phi) is 6.90. The van der Waals surface area contributed by atoms with Gasteiger partial charge >= 0.3 is 6.18 Å². The fourth-order valence-corrected chi connectivity index (χ4v) is 4.34. The van der Waals surface area contributed by atoms with Crippen LogP contribution in [0.5, 0.6) is 5.75 Å². The zero-order valence-corrected chi connectivity index (χ0v) is 18.4. The number of aromatic nitrogens is 2. The lowest BCUT2D eigenvalue weighted by atomic mass is 10.1. The summed E-state index contributed by atoms with van der Waals surface area (Å²) in [4.78, 5) is 14.6. The summed E-state index contributed by atoms with van der Waals surface area (Å²) in [7, 11) is 1.82. The number of aliphatic hydroxyl groups excluding tert-OH is 1. The van der Waals surface area contributed by atoms with Gasteiger partial charge in [-0.25, -0.2) is 0 Å². The van der Waals surface area contributed by atoms with Gasteiger partial charge in [-0.3, -0.25) is 14.8 Å². The number of alkyl halides is 3. The van der Waals surface area contributed by atoms with Crippen molar-refractivity contribution < 1.29 is 27.8 Å². The average Bonchev–Trinajstić information content (AvgIpc) is 3.43. The number of nitrogens with zero attached hydrogens (tertiary/aromatic N) is 2. The molecule has 0 unspecified atom stereocenters. The number of ether oxygens (including phenoxy) is 1. The molecule has 0 bridgehead atoms. The van der Waals surface area contributed by atoms with E-state index in [0.29, 0.717) is 12.1 Å². The molecule has 10 heteroatoms. The Hall–Kier alpha value is -3.37. The van der Waals surface area contributed by atoms with Crippen molar-refractivity contribution >= 4 is 5.91 Å². The van der Waals surface area contributed by atoms with E-state index in [1.165, 1.54) is 24.5 Å². The van der Waals surface area contributed by atoms with Gasteiger partial charge in [-0.05, 0) is 30.8 Å². The van der Waals surface area contributed by atoms with E-state index in [9.17, 15) is 23.1 Å². The van der Waals surface area contributed by atoms with Gasteiger partial charge in [0.05, 0.1) is 29.4 Å². The average molecular weight is 474 g/mol. The summed E-state index contributed by atoms with van der Waals surface area (Å²) in [6.07, 6.45) is -3.32. The molecular weight excluding hydrogens is 449 g/mol. The maximum Gasteiger partial charge on any atom is 0.416 e. The molecule has 0 aliphatic heterocycles. The highest BCUT2D eigenvalue weighted by Gasteiger charge is 2.46. The van der Waals surface area contributed by atoms with Gasteiger partial charge in [0.1, 0.15) is 18.0 Å². The number of H-pyrrole nitrogens is 1. The van der Waals surface area contributed by atoms with Crippen LogP contribution >= 0.6 is 0 Å². The van der Waals surface area contributed by atoms with E-state index >= 15 is 0 Å². The maximum absolute atomic E-state index is 13.1. The van der Waals surface area contributed by atoms with Crippen LogP contribution in [0.2, 0.25) is 0 Å². The summed E-state index contributed by atoms with van der Waals surface area (Å²) in [6.45, 7) is 0.497. The number of hydrogen-bond acceptors (Lipinski definition) is 5. The monoisotopic (exact) mass is 474 g/mol. The second-order valence-electron chi connectivity index (χ2n) is 8.37. The molecule has 3 aromatic rings. The Bertz CT molecular complexity index is 1090. The van der Waals surface area contributed by atoms with Crippen LogP contribution < -0.4 is 10.1 Å². The van der Waals surface area contributed by atoms with Gasteiger partial charge in [0.25, 0.3) is 5.91 Å². The van der Waals surface area contributed by atoms with Crippen LogP contribution in [0, 0.1) is 0 Å². The fraction of sp³-hybridized carbons (Fsp3) is 0.333. The molecule has 1 fully saturated rings. The van der Waals surface area contributed by atoms with E-state index in [4.69, 9.17) is 4.74 Å². The van der Waals surface area contributed by atoms with Crippen LogP contribution in [0.3, 0.4) is 0 Å². The van der Waals surface area contributed by atoms with Crippen molar-refractivity contribution in [3.8, 4) is 5.75 Å². The second kappa shape index (κ2) is 9.86. The van der Waals surface area contributed by atoms with E-state index in [2.05, 4.69) is 15.5 Å². The second-order valence-corrected chi connectivity index (χ2v) is 8.37. The van der Waals surface area contributed by atoms with Crippen LogP contribution in [-0.4, -0.2) is 57.5 Å². The van der Waals surface area contributed by atoms with Gasteiger partial charge in [-0.2, -0.15) is 18.3 Å². The maximum atomic E-state index is 13.1. The van der Waals surface area contributed by atoms with E-state index in [-0.39, 0.29) is 18.1 Å². The third-order valence-corrected chi connectivity index (χ3v) is 5.94. The fourth-order valence-electron chi connectivity index (χ4n) is 4.34. The Morgan fingerprint density at radius 3 is 2.68 bits per heavy atom. The molecule has 0 spiro atoms. The molecule has 1 aliphatic rings. The summed E-state index contributed by atoms with van der Waals surface area (Å²) < 4.78 is 45.1. The summed E-state index contributed by atoms with van der Waals surface area (Å²) in [5.74, 6) is -0.367. The number of rotatable bonds is 7. The molecule has 1 aromatic heterocycles. The number of aromatic amines is 1. The highest BCUT2D eigenvalue weighted by molar-refractivity contribution is 5.93. The lowest BCUT2D eigenvalue weighted by molar-refractivity contribution is -0.137. The van der Waals surface area contributed by atoms with Gasteiger partial charge in [0.2, 0.25) is 0 Å². The number of nitrogens with one attached hydrogen (secondary N) is 2. The van der Waals surface area contributed by atoms with Crippen LogP contribution in [-0.2, 0) is 12.7 Å². The van der Waals surface area contributed by atoms with Gasteiger partial charge < -0.3 is 15.2 Å². The Morgan fingerprint density at radius 1 is 1.24 bits per heavy atom. The SMILES string of the molecule is CN(Cc1ccccc1)[C@@H]1[C@@H](O)[C@H](Oc2cccc(C(F)(F)F)c2)C[C@H]1NC(=O)c1cn[nH]c1. The van der Waals surface area contributed by atoms with Crippen molar-refractivity contribution in [1.29, 1.82) is 0 Å². The number of carbonyl (C=O) groups is 1. The Morgan fingerprint density at radius 2 is 2.00 bits per heavy atom. The van der Waals surface area contributed by atoms with Crippen molar-refractivity contribution in [3.63, 3.8) is 0 Å². The minimum absolute atomic E-state index is 0.00477. The summed E-state index contributed by atoms with van der Waals surface area (Å²) in [5.41, 5.74) is 0.514. The van der Waals surface area contributed by atoms with Crippen LogP contribution in [0.15, 0.2) is 67.0 Å². The predicted molar refractivity (Wildman–Crippen MR) is 118 cm³/mol. The number of benzene rings is 2. The third kappa shape index (κ3) is 5.40. The molecule has 7 nitrogen and oxygen atoms in total. The highest BCUT2D eigenvalue weighted by atomic mass is 19.4. The number of carbonyl (C=O) groups excluding carboxylic acids is 1. The number of hydrogen-bond donors (Lipinski definition) is 3. The minimum atomic E-state index is -4.51. The van der Waals surface area contributed by atoms with Crippen molar-refractivity contribution in [2.75, 3.05) is 7.05 Å². The largest absolute Gasteiger partial charge is 0.488 e. The molecule has 1 saturated carbocycles. The van der Waals surface area contributed by atoms with Crippen molar-refractivity contribution in [1.82, 2.24) is 20.4 Å². The minimum Gasteiger partial charge on any atom is -0.488 e. The van der Waals surface area contributed by atoms with Crippen LogP contribution in [0.1, 0.15) is 27.9 Å². The molecule has 180 valence electrons. The zero-order valence-electron chi connectivity index (χ0n) is 18.4. The number of halogens is 3. The first-order valence-electron chi connectivity index (χ1n) is 10.8. The smallest absolute Gasteiger partial charge is 0.416 e. The standard InChI is InChI=1S/C24H25F3N4O3/c1-31(14-15-6-3-2-4-7-15)21-19(30-23(33)16-12-28-29-13-16)11-20(22(21)32)34-18-9-5-8-17(10-18)24(25,26)27/h2-10,12-13,19-22,32H,11,14H2,1H3,(H,28,29)(H,30,33)/t19-,20-,21+,22+/m1/s1. The number of likely N-dealkylation sites (N-methyl/N-ethyl adjacent to an activating group) is 1. The molecular formula is C24H25F3N4O3. The Balaban J connectivity index is 1.55. The van der Waals surface area contributed by atoms with Gasteiger partial charge in [-0.1, -0.05) is 36.4 Å². The highest BCUT2D eigenvalue weighted by Crippen LogP contribution is 2.34. The van der Waals surface area contributed by atoms with Crippen molar-refractivity contribution in [2.24, 2.45) is 0 Å². The Labute approximate surface area is 194 Å². The third-order valence-electron chi connectivity index (χ3n) is 5.94. The number of amides is 1. The molecule has 0 saturated heterocycles. The quantitative estimate of drug-likeness (QED) is 0.489. The molecule has 0 radical (unpaired) electrons. The van der Waals surface area contributed by atoms with E-state index in [0.717, 1.165) is 17.7 Å².